The summed E-state index contributed by atoms with van der Waals surface area (Å²) >= 11 is -2.07. The zero-order valence-electron chi connectivity index (χ0n) is 12.7. The van der Waals surface area contributed by atoms with Gasteiger partial charge in [-0.05, 0) is 0 Å². The molecule has 1 heterocycles. The van der Waals surface area contributed by atoms with Crippen molar-refractivity contribution >= 4 is 41.6 Å². The van der Waals surface area contributed by atoms with E-state index in [4.69, 9.17) is 0 Å². The maximum Gasteiger partial charge on any atom is -0.147 e. The van der Waals surface area contributed by atoms with Crippen molar-refractivity contribution < 1.29 is 15.8 Å². The Bertz CT molecular complexity index is 612. The van der Waals surface area contributed by atoms with Gasteiger partial charge in [-0.1, -0.05) is 0 Å². The number of hydrogen-bond acceptors (Lipinski definition) is 0. The van der Waals surface area contributed by atoms with Gasteiger partial charge in [0, 0.05) is 0 Å². The maximum atomic E-state index is 3.55. The van der Waals surface area contributed by atoms with Gasteiger partial charge in [0.05, 0.1) is 0 Å². The first kappa shape index (κ1) is 18.8. The molecule has 21 heavy (non-hydrogen) atoms. The molecule has 2 atom stereocenters. The Morgan fingerprint density at radius 1 is 1.05 bits per heavy atom. The maximum absolute atomic E-state index is 3.55. The molecular weight excluding hydrogens is 353 g/mol. The van der Waals surface area contributed by atoms with E-state index in [0.717, 1.165) is 0 Å². The van der Waals surface area contributed by atoms with E-state index in [9.17, 15) is 0 Å². The standard InChI is InChI=1S/C9H7.C4H4N.C2H7Si.CH3.2ClH.Ti/c1-2-5-9-7-3-6-8(9)4-1;1-2-4-5-3-1;1-3-2;;;;/h1-7H;1-3,5H;3H,1-2H3;1H3;2*1H;. The first-order valence-corrected chi connectivity index (χ1v) is 15.9. The average molecular weight is 376 g/mol. The average Bonchev–Trinajstić information content (AvgIpc) is 3.07. The molecule has 1 aliphatic carbocycles. The minimum Gasteiger partial charge on any atom is -0.147 e. The van der Waals surface area contributed by atoms with Gasteiger partial charge >= 0.3 is 120 Å². The SMILES string of the molecule is C[SiH](C)[Ti]([CH3])([c]1ccc[nH]1)[CH]1C=Cc2ccccc21.Cl.Cl. The number of aromatic nitrogens is 1. The van der Waals surface area contributed by atoms with Crippen molar-refractivity contribution in [1.29, 1.82) is 0 Å². The van der Waals surface area contributed by atoms with Gasteiger partial charge in [0.15, 0.2) is 0 Å². The number of halogens is 2. The number of nitrogens with one attached hydrogen (secondary N) is 1. The predicted molar refractivity (Wildman–Crippen MR) is 97.9 cm³/mol. The molecule has 1 aromatic heterocycles. The number of fused-ring (bicyclic) bond motifs is 1. The van der Waals surface area contributed by atoms with E-state index in [1.807, 2.05) is 0 Å². The summed E-state index contributed by atoms with van der Waals surface area (Å²) in [6.45, 7) is 4.37. The number of allylic oxidation sites excluding steroid dienone is 1. The van der Waals surface area contributed by atoms with Crippen molar-refractivity contribution in [3.63, 3.8) is 0 Å². The third-order valence-electron chi connectivity index (χ3n) is 4.82. The summed E-state index contributed by atoms with van der Waals surface area (Å²) < 4.78 is 2.27. The number of aromatic amines is 1. The Kier molecular flexibility index (Phi) is 6.57. The molecule has 0 fully saturated rings. The fourth-order valence-corrected chi connectivity index (χ4v) is 16.9. The first-order chi connectivity index (χ1) is 9.14. The molecule has 1 nitrogen and oxygen atoms in total. The molecule has 5 heteroatoms. The summed E-state index contributed by atoms with van der Waals surface area (Å²) in [7, 11) is 0. The van der Waals surface area contributed by atoms with Crippen LogP contribution in [0.15, 0.2) is 48.7 Å². The van der Waals surface area contributed by atoms with Gasteiger partial charge in [0.1, 0.15) is 0 Å². The van der Waals surface area contributed by atoms with Gasteiger partial charge in [-0.15, -0.1) is 24.8 Å². The van der Waals surface area contributed by atoms with Crippen LogP contribution in [0.4, 0.5) is 0 Å². The molecule has 0 saturated carbocycles. The third kappa shape index (κ3) is 3.11. The van der Waals surface area contributed by atoms with Crippen LogP contribution < -0.4 is 4.00 Å². The number of hydrogen-bond donors (Lipinski definition) is 1. The molecule has 1 aliphatic rings. The second-order valence-corrected chi connectivity index (χ2v) is 24.5. The molecule has 1 aromatic carbocycles. The van der Waals surface area contributed by atoms with E-state index in [1.165, 1.54) is 5.56 Å². The molecule has 0 radical (unpaired) electrons. The molecule has 2 aromatic rings. The Labute approximate surface area is 144 Å². The predicted octanol–water partition coefficient (Wildman–Crippen LogP) is 4.44. The summed E-state index contributed by atoms with van der Waals surface area (Å²) in [5.74, 6) is 0. The molecule has 2 unspecified atom stereocenters. The Morgan fingerprint density at radius 2 is 1.76 bits per heavy atom. The fourth-order valence-electron chi connectivity index (χ4n) is 3.28. The van der Waals surface area contributed by atoms with Crippen LogP contribution in [0, 0.1) is 0 Å². The number of rotatable bonds is 3. The van der Waals surface area contributed by atoms with Gasteiger partial charge < -0.3 is 0 Å². The van der Waals surface area contributed by atoms with Crippen molar-refractivity contribution in [3.8, 4) is 0 Å². The van der Waals surface area contributed by atoms with Crippen molar-refractivity contribution in [1.82, 2.24) is 4.98 Å². The molecule has 0 amide bonds. The van der Waals surface area contributed by atoms with Gasteiger partial charge in [-0.25, -0.2) is 0 Å². The topological polar surface area (TPSA) is 15.8 Å². The Balaban J connectivity index is 0.00000110. The van der Waals surface area contributed by atoms with Crippen molar-refractivity contribution in [3.05, 3.63) is 59.8 Å². The van der Waals surface area contributed by atoms with Crippen molar-refractivity contribution in [2.24, 2.45) is 0 Å². The second-order valence-electron chi connectivity index (χ2n) is 5.99. The van der Waals surface area contributed by atoms with Crippen LogP contribution in [0.3, 0.4) is 0 Å². The molecule has 114 valence electrons. The largest absolute Gasteiger partial charge is 0.147 e. The summed E-state index contributed by atoms with van der Waals surface area (Å²) in [5, 5.41) is 2.62. The van der Waals surface area contributed by atoms with E-state index >= 15 is 0 Å². The number of benzene rings is 1. The van der Waals surface area contributed by atoms with E-state index in [0.29, 0.717) is 4.22 Å². The van der Waals surface area contributed by atoms with Crippen molar-refractivity contribution in [2.45, 2.75) is 22.5 Å². The van der Waals surface area contributed by atoms with Crippen LogP contribution >= 0.6 is 24.8 Å². The summed E-state index contributed by atoms with van der Waals surface area (Å²) in [4.78, 5) is 3.55. The first-order valence-electron chi connectivity index (χ1n) is 7.05. The molecule has 3 rings (SSSR count). The smallest absolute Gasteiger partial charge is 0.147 e. The molecule has 0 saturated heterocycles. The minimum absolute atomic E-state index is 0. The van der Waals surface area contributed by atoms with Crippen LogP contribution in [0.5, 0.6) is 0 Å². The summed E-state index contributed by atoms with van der Waals surface area (Å²) in [6, 6.07) is 13.4. The molecule has 0 bridgehead atoms. The zero-order chi connectivity index (χ0) is 13.5. The van der Waals surface area contributed by atoms with Gasteiger partial charge in [0.25, 0.3) is 0 Å². The van der Waals surface area contributed by atoms with Gasteiger partial charge in [0.2, 0.25) is 0 Å². The number of H-pyrrole nitrogens is 1. The quantitative estimate of drug-likeness (QED) is 0.763. The molecular formula is C16H23Cl2NSiTi. The van der Waals surface area contributed by atoms with Crippen LogP contribution in [-0.2, 0) is 15.8 Å². The van der Waals surface area contributed by atoms with Crippen LogP contribution in [0.25, 0.3) is 6.08 Å². The minimum atomic E-state index is -2.07. The summed E-state index contributed by atoms with van der Waals surface area (Å²) in [5.41, 5.74) is 3.01. The second kappa shape index (κ2) is 7.34. The van der Waals surface area contributed by atoms with Crippen LogP contribution in [0.2, 0.25) is 18.3 Å². The van der Waals surface area contributed by atoms with E-state index in [-0.39, 0.29) is 24.8 Å². The third-order valence-corrected chi connectivity index (χ3v) is 26.3. The van der Waals surface area contributed by atoms with Crippen molar-refractivity contribution in [2.75, 3.05) is 0 Å². The molecule has 0 aliphatic heterocycles. The zero-order valence-corrected chi connectivity index (χ0v) is 17.0. The fraction of sp³-hybridized carbons (Fsp3) is 0.250. The van der Waals surface area contributed by atoms with Gasteiger partial charge in [-0.3, -0.25) is 0 Å². The van der Waals surface area contributed by atoms with Crippen LogP contribution in [-0.4, -0.2) is 11.6 Å². The molecule has 1 N–H and O–H groups in total. The summed E-state index contributed by atoms with van der Waals surface area (Å²) in [6.07, 6.45) is 6.92. The molecule has 0 spiro atoms. The van der Waals surface area contributed by atoms with E-state index in [1.54, 1.807) is 9.56 Å². The van der Waals surface area contributed by atoms with Gasteiger partial charge in [-0.2, -0.15) is 0 Å². The van der Waals surface area contributed by atoms with E-state index in [2.05, 4.69) is 78.1 Å². The normalized spacial score (nSPS) is 18.6. The Hall–Kier alpha value is -0.249. The van der Waals surface area contributed by atoms with Crippen LogP contribution in [0.1, 0.15) is 15.3 Å². The Morgan fingerprint density at radius 3 is 2.38 bits per heavy atom. The monoisotopic (exact) mass is 375 g/mol. The van der Waals surface area contributed by atoms with E-state index < -0.39 is 22.5 Å².